The van der Waals surface area contributed by atoms with Gasteiger partial charge in [0.25, 0.3) is 5.91 Å². The number of nitrogens with zero attached hydrogens (tertiary/aromatic N) is 6. The molecular weight excluding hydrogens is 437 g/mol. The van der Waals surface area contributed by atoms with Crippen LogP contribution in [-0.2, 0) is 0 Å². The molecule has 3 heterocycles. The third kappa shape index (κ3) is 4.72. The van der Waals surface area contributed by atoms with E-state index < -0.39 is 5.82 Å². The highest BCUT2D eigenvalue weighted by molar-refractivity contribution is 5.97. The van der Waals surface area contributed by atoms with Gasteiger partial charge in [0.15, 0.2) is 5.82 Å². The van der Waals surface area contributed by atoms with Crippen LogP contribution in [0.3, 0.4) is 0 Å². The van der Waals surface area contributed by atoms with Gasteiger partial charge < -0.3 is 24.4 Å². The van der Waals surface area contributed by atoms with Crippen LogP contribution in [0.15, 0.2) is 30.6 Å². The summed E-state index contributed by atoms with van der Waals surface area (Å²) in [7, 11) is 3.57. The van der Waals surface area contributed by atoms with E-state index in [2.05, 4.69) is 25.2 Å². The van der Waals surface area contributed by atoms with E-state index in [1.807, 2.05) is 37.3 Å². The van der Waals surface area contributed by atoms with Gasteiger partial charge in [-0.3, -0.25) is 4.79 Å². The summed E-state index contributed by atoms with van der Waals surface area (Å²) < 4.78 is 22.1. The predicted molar refractivity (Wildman–Crippen MR) is 128 cm³/mol. The summed E-state index contributed by atoms with van der Waals surface area (Å²) in [6.45, 7) is 8.93. The van der Waals surface area contributed by atoms with Crippen LogP contribution in [0, 0.1) is 12.7 Å². The third-order valence-electron chi connectivity index (χ3n) is 5.96. The van der Waals surface area contributed by atoms with Crippen molar-refractivity contribution in [3.05, 3.63) is 47.8 Å². The molecule has 1 N–H and O–H groups in total. The second-order valence-corrected chi connectivity index (χ2v) is 8.68. The van der Waals surface area contributed by atoms with E-state index in [1.54, 1.807) is 24.4 Å². The average molecular weight is 468 g/mol. The molecule has 0 spiro atoms. The Balaban J connectivity index is 1.59. The highest BCUT2D eigenvalue weighted by Crippen LogP contribution is 2.29. The van der Waals surface area contributed by atoms with Crippen molar-refractivity contribution in [1.29, 1.82) is 0 Å². The third-order valence-corrected chi connectivity index (χ3v) is 5.96. The van der Waals surface area contributed by atoms with Gasteiger partial charge in [-0.1, -0.05) is 0 Å². The fourth-order valence-corrected chi connectivity index (χ4v) is 4.14. The van der Waals surface area contributed by atoms with Crippen molar-refractivity contribution < 1.29 is 13.9 Å². The van der Waals surface area contributed by atoms with Gasteiger partial charge in [0, 0.05) is 44.0 Å². The first-order valence-electron chi connectivity index (χ1n) is 11.3. The minimum Gasteiger partial charge on any atom is -0.496 e. The van der Waals surface area contributed by atoms with Crippen molar-refractivity contribution in [2.75, 3.05) is 45.7 Å². The normalized spacial score (nSPS) is 14.5. The Kier molecular flexibility index (Phi) is 6.78. The lowest BCUT2D eigenvalue weighted by Gasteiger charge is -2.32. The summed E-state index contributed by atoms with van der Waals surface area (Å²) in [5.41, 5.74) is 1.87. The molecular formula is C24H30FN7O2. The summed E-state index contributed by atoms with van der Waals surface area (Å²) in [4.78, 5) is 29.9. The van der Waals surface area contributed by atoms with Crippen molar-refractivity contribution in [1.82, 2.24) is 29.3 Å². The molecule has 1 fully saturated rings. The number of hydrogen-bond acceptors (Lipinski definition) is 7. The molecule has 34 heavy (non-hydrogen) atoms. The van der Waals surface area contributed by atoms with Gasteiger partial charge in [-0.25, -0.2) is 19.3 Å². The molecule has 1 amide bonds. The monoisotopic (exact) mass is 467 g/mol. The number of methoxy groups -OCH3 is 1. The maximum Gasteiger partial charge on any atom is 0.257 e. The Morgan fingerprint density at radius 1 is 1.15 bits per heavy atom. The van der Waals surface area contributed by atoms with Gasteiger partial charge in [-0.2, -0.15) is 0 Å². The maximum absolute atomic E-state index is 14.6. The van der Waals surface area contributed by atoms with Gasteiger partial charge in [0.1, 0.15) is 17.3 Å². The second-order valence-electron chi connectivity index (χ2n) is 8.68. The number of carbonyl (C=O) groups is 1. The zero-order valence-corrected chi connectivity index (χ0v) is 20.2. The lowest BCUT2D eigenvalue weighted by Crippen LogP contribution is -2.47. The fourth-order valence-electron chi connectivity index (χ4n) is 4.14. The van der Waals surface area contributed by atoms with Crippen molar-refractivity contribution in [2.45, 2.75) is 26.8 Å². The van der Waals surface area contributed by atoms with Crippen LogP contribution >= 0.6 is 0 Å². The molecule has 1 aliphatic rings. The Labute approximate surface area is 198 Å². The van der Waals surface area contributed by atoms with Crippen LogP contribution in [0.25, 0.3) is 11.4 Å². The van der Waals surface area contributed by atoms with Crippen LogP contribution in [0.4, 0.5) is 16.0 Å². The first kappa shape index (κ1) is 23.6. The Morgan fingerprint density at radius 2 is 1.88 bits per heavy atom. The SMILES string of the molecule is COc1cc(Nc2ncc(F)c(-c3cnc(C)n3C(C)C)n2)ccc1C(=O)N1CCN(C)CC1. The minimum atomic E-state index is -0.530. The molecule has 0 saturated carbocycles. The number of imidazole rings is 1. The first-order valence-corrected chi connectivity index (χ1v) is 11.3. The van der Waals surface area contributed by atoms with Crippen LogP contribution in [-0.4, -0.2) is 75.6 Å². The lowest BCUT2D eigenvalue weighted by atomic mass is 10.1. The van der Waals surface area contributed by atoms with Crippen molar-refractivity contribution in [3.8, 4) is 17.1 Å². The van der Waals surface area contributed by atoms with Crippen molar-refractivity contribution >= 4 is 17.5 Å². The Morgan fingerprint density at radius 3 is 2.56 bits per heavy atom. The van der Waals surface area contributed by atoms with Crippen LogP contribution in [0.1, 0.15) is 36.1 Å². The van der Waals surface area contributed by atoms with E-state index in [0.29, 0.717) is 35.8 Å². The van der Waals surface area contributed by atoms with Crippen molar-refractivity contribution in [2.24, 2.45) is 0 Å². The Bertz CT molecular complexity index is 1190. The smallest absolute Gasteiger partial charge is 0.257 e. The zero-order valence-electron chi connectivity index (χ0n) is 20.2. The zero-order chi connectivity index (χ0) is 24.4. The molecule has 0 unspecified atom stereocenters. The van der Waals surface area contributed by atoms with Gasteiger partial charge in [0.05, 0.1) is 30.8 Å². The van der Waals surface area contributed by atoms with Crippen LogP contribution < -0.4 is 10.1 Å². The topological polar surface area (TPSA) is 88.4 Å². The number of ether oxygens (including phenoxy) is 1. The van der Waals surface area contributed by atoms with Gasteiger partial charge >= 0.3 is 0 Å². The highest BCUT2D eigenvalue weighted by atomic mass is 19.1. The largest absolute Gasteiger partial charge is 0.496 e. The number of benzene rings is 1. The molecule has 0 bridgehead atoms. The Hall–Kier alpha value is -3.53. The number of carbonyl (C=O) groups excluding carboxylic acids is 1. The first-order chi connectivity index (χ1) is 16.3. The van der Waals surface area contributed by atoms with Crippen LogP contribution in [0.2, 0.25) is 0 Å². The number of anilines is 2. The lowest BCUT2D eigenvalue weighted by molar-refractivity contribution is 0.0661. The molecule has 10 heteroatoms. The van der Waals surface area contributed by atoms with Crippen molar-refractivity contribution in [3.63, 3.8) is 0 Å². The van der Waals surface area contributed by atoms with E-state index >= 15 is 0 Å². The van der Waals surface area contributed by atoms with E-state index in [9.17, 15) is 9.18 Å². The molecule has 0 atom stereocenters. The van der Waals surface area contributed by atoms with Gasteiger partial charge in [-0.05, 0) is 40.0 Å². The molecule has 1 aromatic carbocycles. The molecule has 3 aromatic rings. The summed E-state index contributed by atoms with van der Waals surface area (Å²) >= 11 is 0. The summed E-state index contributed by atoms with van der Waals surface area (Å²) in [6.07, 6.45) is 2.76. The summed E-state index contributed by atoms with van der Waals surface area (Å²) in [5.74, 6) is 0.866. The van der Waals surface area contributed by atoms with E-state index in [-0.39, 0.29) is 23.6 Å². The summed E-state index contributed by atoms with van der Waals surface area (Å²) in [5, 5.41) is 3.09. The number of rotatable bonds is 6. The van der Waals surface area contributed by atoms with Gasteiger partial charge in [0.2, 0.25) is 5.95 Å². The number of piperazine rings is 1. The van der Waals surface area contributed by atoms with E-state index in [0.717, 1.165) is 25.1 Å². The minimum absolute atomic E-state index is 0.0610. The summed E-state index contributed by atoms with van der Waals surface area (Å²) in [6, 6.07) is 5.31. The van der Waals surface area contributed by atoms with Crippen LogP contribution in [0.5, 0.6) is 5.75 Å². The number of likely N-dealkylation sites (N-methyl/N-ethyl adjacent to an activating group) is 1. The average Bonchev–Trinajstić information content (AvgIpc) is 3.21. The molecule has 9 nitrogen and oxygen atoms in total. The number of aryl methyl sites for hydroxylation is 1. The quantitative estimate of drug-likeness (QED) is 0.594. The molecule has 4 rings (SSSR count). The van der Waals surface area contributed by atoms with E-state index in [4.69, 9.17) is 4.74 Å². The second kappa shape index (κ2) is 9.76. The van der Waals surface area contributed by atoms with E-state index in [1.165, 1.54) is 7.11 Å². The number of hydrogen-bond donors (Lipinski definition) is 1. The predicted octanol–water partition coefficient (Wildman–Crippen LogP) is 3.51. The molecule has 0 radical (unpaired) electrons. The maximum atomic E-state index is 14.6. The molecule has 0 aliphatic carbocycles. The molecule has 1 saturated heterocycles. The standard InChI is InChI=1S/C24H30FN7O2/c1-15(2)32-16(3)26-14-20(32)22-19(25)13-27-24(29-22)28-17-6-7-18(21(12-17)34-5)23(33)31-10-8-30(4)9-11-31/h6-7,12-15H,8-11H2,1-5H3,(H,27,28,29). The fraction of sp³-hybridized carbons (Fsp3) is 0.417. The number of nitrogens with one attached hydrogen (secondary N) is 1. The molecule has 1 aliphatic heterocycles. The number of halogens is 1. The highest BCUT2D eigenvalue weighted by Gasteiger charge is 2.23. The van der Waals surface area contributed by atoms with Gasteiger partial charge in [-0.15, -0.1) is 0 Å². The molecule has 2 aromatic heterocycles. The molecule has 180 valence electrons. The number of aromatic nitrogens is 4. The number of amides is 1.